The molecule has 148 valence electrons. The van der Waals surface area contributed by atoms with Gasteiger partial charge in [-0.25, -0.2) is 15.0 Å². The first kappa shape index (κ1) is 18.3. The van der Waals surface area contributed by atoms with E-state index in [1.165, 1.54) is 5.56 Å². The van der Waals surface area contributed by atoms with Gasteiger partial charge in [0, 0.05) is 28.5 Å². The lowest BCUT2D eigenvalue weighted by Gasteiger charge is -2.32. The first-order valence-electron chi connectivity index (χ1n) is 9.70. The van der Waals surface area contributed by atoms with Gasteiger partial charge in [-0.15, -0.1) is 11.3 Å². The minimum absolute atomic E-state index is 0.0362. The molecule has 4 aromatic rings. The Morgan fingerprint density at radius 3 is 2.83 bits per heavy atom. The summed E-state index contributed by atoms with van der Waals surface area (Å²) in [7, 11) is 0. The predicted molar refractivity (Wildman–Crippen MR) is 117 cm³/mol. The van der Waals surface area contributed by atoms with Crippen LogP contribution in [-0.2, 0) is 6.42 Å². The van der Waals surface area contributed by atoms with Crippen LogP contribution in [0.3, 0.4) is 0 Å². The lowest BCUT2D eigenvalue weighted by molar-refractivity contribution is 0.156. The van der Waals surface area contributed by atoms with Crippen LogP contribution in [0.15, 0.2) is 36.7 Å². The number of aromatic nitrogens is 3. The maximum absolute atomic E-state index is 9.19. The number of hydrogen-bond acceptors (Lipinski definition) is 7. The van der Waals surface area contributed by atoms with Gasteiger partial charge in [-0.1, -0.05) is 44.2 Å². The summed E-state index contributed by atoms with van der Waals surface area (Å²) in [5.41, 5.74) is 4.03. The maximum Gasteiger partial charge on any atom is 0.149 e. The minimum Gasteiger partial charge on any atom is -0.490 e. The fourth-order valence-electron chi connectivity index (χ4n) is 3.87. The molecule has 0 saturated carbocycles. The molecule has 5 rings (SSSR count). The molecule has 0 fully saturated rings. The minimum atomic E-state index is 0.0362. The second kappa shape index (κ2) is 6.93. The fraction of sp³-hybridized carbons (Fsp3) is 0.318. The van der Waals surface area contributed by atoms with E-state index in [9.17, 15) is 5.11 Å². The van der Waals surface area contributed by atoms with Crippen LogP contribution in [0.5, 0.6) is 5.75 Å². The first-order valence-corrected chi connectivity index (χ1v) is 10.5. The largest absolute Gasteiger partial charge is 0.490 e. The summed E-state index contributed by atoms with van der Waals surface area (Å²) < 4.78 is 7.25. The summed E-state index contributed by atoms with van der Waals surface area (Å²) in [4.78, 5) is 14.9. The Morgan fingerprint density at radius 2 is 2.03 bits per heavy atom. The molecule has 1 aliphatic heterocycles. The molecule has 7 heteroatoms. The van der Waals surface area contributed by atoms with Gasteiger partial charge in [0.2, 0.25) is 0 Å². The molecule has 0 saturated heterocycles. The van der Waals surface area contributed by atoms with E-state index in [1.54, 1.807) is 17.7 Å². The summed E-state index contributed by atoms with van der Waals surface area (Å²) >= 11 is 1.58. The second-order valence-corrected chi connectivity index (χ2v) is 9.10. The molecule has 0 aliphatic carbocycles. The lowest BCUT2D eigenvalue weighted by atomic mass is 9.83. The zero-order chi connectivity index (χ0) is 20.0. The molecule has 1 aromatic carbocycles. The lowest BCUT2D eigenvalue weighted by Crippen LogP contribution is -2.29. The molecule has 0 bridgehead atoms. The first-order chi connectivity index (χ1) is 14.1. The number of aliphatic hydroxyl groups is 1. The zero-order valence-corrected chi connectivity index (χ0v) is 17.2. The van der Waals surface area contributed by atoms with Gasteiger partial charge in [0.25, 0.3) is 0 Å². The summed E-state index contributed by atoms with van der Waals surface area (Å²) in [6, 6.07) is 10.2. The molecule has 0 unspecified atom stereocenters. The second-order valence-electron chi connectivity index (χ2n) is 8.10. The highest BCUT2D eigenvalue weighted by molar-refractivity contribution is 7.26. The van der Waals surface area contributed by atoms with Gasteiger partial charge in [-0.2, -0.15) is 0 Å². The molecule has 6 nitrogen and oxygen atoms in total. The van der Waals surface area contributed by atoms with Crippen molar-refractivity contribution in [3.8, 4) is 17.0 Å². The van der Waals surface area contributed by atoms with Crippen LogP contribution in [0.1, 0.15) is 19.4 Å². The molecular formula is C22H22N4O2S. The van der Waals surface area contributed by atoms with Gasteiger partial charge in [-0.05, 0) is 6.42 Å². The van der Waals surface area contributed by atoms with Gasteiger partial charge in [0.15, 0.2) is 0 Å². The quantitative estimate of drug-likeness (QED) is 0.527. The van der Waals surface area contributed by atoms with E-state index in [0.717, 1.165) is 49.7 Å². The van der Waals surface area contributed by atoms with E-state index in [4.69, 9.17) is 9.72 Å². The Hall–Kier alpha value is -2.77. The molecule has 0 spiro atoms. The van der Waals surface area contributed by atoms with E-state index in [0.29, 0.717) is 13.2 Å². The number of benzene rings is 1. The fourth-order valence-corrected chi connectivity index (χ4v) is 5.00. The molecular weight excluding hydrogens is 384 g/mol. The monoisotopic (exact) mass is 406 g/mol. The summed E-state index contributed by atoms with van der Waals surface area (Å²) in [6.07, 6.45) is 2.47. The highest BCUT2D eigenvalue weighted by Crippen LogP contribution is 2.47. The zero-order valence-electron chi connectivity index (χ0n) is 16.4. The highest BCUT2D eigenvalue weighted by Gasteiger charge is 2.32. The molecule has 1 aliphatic rings. The molecule has 0 radical (unpaired) electrons. The average molecular weight is 407 g/mol. The Labute approximate surface area is 172 Å². The van der Waals surface area contributed by atoms with Crippen LogP contribution >= 0.6 is 11.3 Å². The van der Waals surface area contributed by atoms with Crippen LogP contribution in [0.25, 0.3) is 31.7 Å². The number of fused-ring (bicyclic) bond motifs is 5. The van der Waals surface area contributed by atoms with Crippen molar-refractivity contribution in [2.45, 2.75) is 20.3 Å². The van der Waals surface area contributed by atoms with Gasteiger partial charge in [0.1, 0.15) is 28.4 Å². The van der Waals surface area contributed by atoms with Gasteiger partial charge in [0.05, 0.1) is 23.4 Å². The number of nitrogens with one attached hydrogen (secondary N) is 1. The number of anilines is 1. The Morgan fingerprint density at radius 1 is 1.21 bits per heavy atom. The van der Waals surface area contributed by atoms with Crippen molar-refractivity contribution in [2.75, 3.05) is 25.1 Å². The van der Waals surface area contributed by atoms with Gasteiger partial charge in [-0.3, -0.25) is 0 Å². The summed E-state index contributed by atoms with van der Waals surface area (Å²) in [6.45, 7) is 5.60. The van der Waals surface area contributed by atoms with Crippen LogP contribution in [0.2, 0.25) is 0 Å². The SMILES string of the molecule is CC1(C)COc2c(-c3ccccc3)nc3sc4c(NCCO)ncnc4c3c2C1. The third kappa shape index (κ3) is 3.10. The van der Waals surface area contributed by atoms with Crippen molar-refractivity contribution in [2.24, 2.45) is 5.41 Å². The number of ether oxygens (including phenoxy) is 1. The van der Waals surface area contributed by atoms with Gasteiger partial charge >= 0.3 is 0 Å². The molecule has 29 heavy (non-hydrogen) atoms. The molecule has 4 heterocycles. The molecule has 0 atom stereocenters. The number of pyridine rings is 1. The number of thiophene rings is 1. The molecule has 3 aromatic heterocycles. The topological polar surface area (TPSA) is 80.2 Å². The van der Waals surface area contributed by atoms with E-state index in [-0.39, 0.29) is 12.0 Å². The van der Waals surface area contributed by atoms with Crippen LogP contribution in [0, 0.1) is 5.41 Å². The van der Waals surface area contributed by atoms with Crippen molar-refractivity contribution in [3.05, 3.63) is 42.2 Å². The number of hydrogen-bond donors (Lipinski definition) is 2. The average Bonchev–Trinajstić information content (AvgIpc) is 3.11. The van der Waals surface area contributed by atoms with Crippen molar-refractivity contribution >= 4 is 37.6 Å². The van der Waals surface area contributed by atoms with E-state index < -0.39 is 0 Å². The Balaban J connectivity index is 1.83. The van der Waals surface area contributed by atoms with Crippen LogP contribution < -0.4 is 10.1 Å². The van der Waals surface area contributed by atoms with E-state index in [1.807, 2.05) is 18.2 Å². The number of aliphatic hydroxyl groups excluding tert-OH is 1. The summed E-state index contributed by atoms with van der Waals surface area (Å²) in [5, 5.41) is 13.4. The van der Waals surface area contributed by atoms with E-state index in [2.05, 4.69) is 41.3 Å². The van der Waals surface area contributed by atoms with E-state index >= 15 is 0 Å². The highest BCUT2D eigenvalue weighted by atomic mass is 32.1. The number of rotatable bonds is 4. The number of nitrogens with zero attached hydrogens (tertiary/aromatic N) is 3. The third-order valence-corrected chi connectivity index (χ3v) is 6.25. The Kier molecular flexibility index (Phi) is 4.37. The molecule has 2 N–H and O–H groups in total. The standard InChI is InChI=1S/C22H22N4O2S/c1-22(2)10-14-15-17-19(20(23-8-9-27)25-12-24-17)29-21(15)26-16(18(14)28-11-22)13-6-4-3-5-7-13/h3-7,12,27H,8-11H2,1-2H3,(H,23,24,25). The third-order valence-electron chi connectivity index (χ3n) is 5.17. The Bertz CT molecular complexity index is 1200. The summed E-state index contributed by atoms with van der Waals surface area (Å²) in [5.74, 6) is 1.60. The van der Waals surface area contributed by atoms with Crippen molar-refractivity contribution in [3.63, 3.8) is 0 Å². The van der Waals surface area contributed by atoms with Crippen molar-refractivity contribution in [1.29, 1.82) is 0 Å². The van der Waals surface area contributed by atoms with Crippen molar-refractivity contribution < 1.29 is 9.84 Å². The predicted octanol–water partition coefficient (Wildman–Crippen LogP) is 4.27. The van der Waals surface area contributed by atoms with Crippen molar-refractivity contribution in [1.82, 2.24) is 15.0 Å². The normalized spacial score (nSPS) is 15.3. The molecule has 0 amide bonds. The maximum atomic E-state index is 9.19. The smallest absolute Gasteiger partial charge is 0.149 e. The van der Waals surface area contributed by atoms with Crippen LogP contribution in [-0.4, -0.2) is 39.8 Å². The van der Waals surface area contributed by atoms with Crippen LogP contribution in [0.4, 0.5) is 5.82 Å². The van der Waals surface area contributed by atoms with Gasteiger partial charge < -0.3 is 15.2 Å².